The maximum atomic E-state index is 11.9. The molecular weight excluding hydrogens is 934 g/mol. The predicted molar refractivity (Wildman–Crippen MR) is 238 cm³/mol. The number of hydrogen-bond donors (Lipinski definition) is 2. The van der Waals surface area contributed by atoms with E-state index >= 15 is 0 Å². The fourth-order valence-electron chi connectivity index (χ4n) is 7.66. The summed E-state index contributed by atoms with van der Waals surface area (Å²) in [4.78, 5) is 15.9. The second-order valence-corrected chi connectivity index (χ2v) is 19.1. The molecule has 0 unspecified atom stereocenters. The van der Waals surface area contributed by atoms with Gasteiger partial charge in [-0.15, -0.1) is 0 Å². The number of nitrogens with one attached hydrogen (secondary N) is 2. The molecule has 5 heterocycles. The first-order chi connectivity index (χ1) is 30.1. The summed E-state index contributed by atoms with van der Waals surface area (Å²) in [7, 11) is -14.2. The largest absolute Gasteiger partial charge is 1.00 e. The number of unbranched alkanes of at least 4 members (excludes halogenated alkanes) is 5. The van der Waals surface area contributed by atoms with Gasteiger partial charge in [0.1, 0.15) is 36.0 Å². The fourth-order valence-corrected chi connectivity index (χ4v) is 9.07. The number of rotatable bonds is 14. The van der Waals surface area contributed by atoms with Crippen molar-refractivity contribution in [2.75, 3.05) is 6.61 Å². The molecule has 324 valence electrons. The molecule has 0 radical (unpaired) electrons. The third-order valence-electron chi connectivity index (χ3n) is 10.7. The molecule has 2 aliphatic rings. The van der Waals surface area contributed by atoms with Gasteiger partial charge in [0.05, 0.1) is 43.9 Å². The van der Waals surface area contributed by atoms with E-state index in [9.17, 15) is 38.9 Å². The van der Waals surface area contributed by atoms with Crippen molar-refractivity contribution in [2.24, 2.45) is 0 Å². The van der Waals surface area contributed by atoms with Crippen LogP contribution >= 0.6 is 0 Å². The van der Waals surface area contributed by atoms with Crippen LogP contribution in [0, 0.1) is 0 Å². The number of nitrogens with zero attached hydrogens (tertiary/aromatic N) is 2. The summed E-state index contributed by atoms with van der Waals surface area (Å²) in [6.07, 6.45) is 13.4. The van der Waals surface area contributed by atoms with E-state index in [2.05, 4.69) is 16.9 Å². The Morgan fingerprint density at radius 3 is 1.14 bits per heavy atom. The average Bonchev–Trinajstić information content (AvgIpc) is 4.09. The minimum absolute atomic E-state index is 0. The molecule has 8 rings (SSSR count). The van der Waals surface area contributed by atoms with Crippen molar-refractivity contribution >= 4 is 76.7 Å². The molecule has 0 spiro atoms. The number of hydrogen-bond acceptors (Lipinski definition) is 12. The van der Waals surface area contributed by atoms with Crippen LogP contribution in [0.15, 0.2) is 112 Å². The second-order valence-electron chi connectivity index (χ2n) is 15.0. The Morgan fingerprint density at radius 2 is 0.758 bits per heavy atom. The van der Waals surface area contributed by atoms with Crippen molar-refractivity contribution in [1.82, 2.24) is 19.9 Å². The molecule has 0 aliphatic carbocycles. The number of ether oxygens (including phenoxy) is 1. The summed E-state index contributed by atoms with van der Waals surface area (Å²) in [5.41, 5.74) is 7.25. The molecule has 8 bridgehead atoms. The first kappa shape index (κ1) is 53.7. The molecule has 0 fully saturated rings. The number of H-pyrrole nitrogens is 2. The Kier molecular flexibility index (Phi) is 18.3. The Hall–Kier alpha value is -3.21. The normalized spacial score (nSPS) is 12.2. The van der Waals surface area contributed by atoms with Crippen molar-refractivity contribution in [3.63, 3.8) is 0 Å². The van der Waals surface area contributed by atoms with Crippen LogP contribution in [-0.4, -0.2) is 65.5 Å². The van der Waals surface area contributed by atoms with Crippen molar-refractivity contribution < 1.29 is 132 Å². The Morgan fingerprint density at radius 1 is 0.439 bits per heavy atom. The minimum atomic E-state index is -4.76. The monoisotopic (exact) mass is 972 g/mol. The second kappa shape index (κ2) is 22.5. The van der Waals surface area contributed by atoms with Gasteiger partial charge in [-0.1, -0.05) is 75.4 Å². The standard InChI is InChI=1S/C46H42N4O10S3.3Na/c1-2-3-4-5-6-7-28-60-46-41-26-24-39(49-41)44(30-10-16-33(17-11-30)62(54,55)56)37-22-20-35(47-37)43(29-8-14-32(15-9-29)61(51,52)53)36-21-23-38(48-36)45(40-25-27-42(46)50-40)31-12-18-34(19-13-31)63(57,58)59;;;/h8-27,47,50H,2-7,28H2,1H3,(H,51,52,53)(H,54,55,56)(H,57,58,59);;;/q;3*+1/p-3. The molecular formula is C46H39N4Na3O10S3. The van der Waals surface area contributed by atoms with Crippen molar-refractivity contribution in [2.45, 2.75) is 60.1 Å². The molecule has 6 aromatic rings. The van der Waals surface area contributed by atoms with E-state index in [0.717, 1.165) is 38.5 Å². The van der Waals surface area contributed by atoms with Crippen LogP contribution in [0.2, 0.25) is 0 Å². The molecule has 2 N–H and O–H groups in total. The van der Waals surface area contributed by atoms with Crippen LogP contribution in [0.5, 0.6) is 5.75 Å². The maximum absolute atomic E-state index is 11.9. The summed E-state index contributed by atoms with van der Waals surface area (Å²) in [6.45, 7) is 2.56. The van der Waals surface area contributed by atoms with E-state index in [4.69, 9.17) is 14.7 Å². The summed E-state index contributed by atoms with van der Waals surface area (Å²) in [5, 5.41) is 0. The zero-order chi connectivity index (χ0) is 44.5. The number of aromatic nitrogens is 4. The van der Waals surface area contributed by atoms with E-state index in [-0.39, 0.29) is 88.7 Å². The van der Waals surface area contributed by atoms with Gasteiger partial charge in [0.2, 0.25) is 0 Å². The summed E-state index contributed by atoms with van der Waals surface area (Å²) >= 11 is 0. The van der Waals surface area contributed by atoms with Gasteiger partial charge >= 0.3 is 88.7 Å². The van der Waals surface area contributed by atoms with Crippen LogP contribution < -0.4 is 93.4 Å². The van der Waals surface area contributed by atoms with E-state index in [1.165, 1.54) is 72.8 Å². The molecule has 66 heavy (non-hydrogen) atoms. The third kappa shape index (κ3) is 12.1. The zero-order valence-corrected chi connectivity index (χ0v) is 45.1. The molecule has 0 saturated carbocycles. The quantitative estimate of drug-likeness (QED) is 0.0840. The Balaban J connectivity index is 0.00000272. The van der Waals surface area contributed by atoms with E-state index in [1.807, 2.05) is 18.2 Å². The molecule has 0 saturated heterocycles. The predicted octanol–water partition coefficient (Wildman–Crippen LogP) is 0.120. The molecule has 0 amide bonds. The van der Waals surface area contributed by atoms with Gasteiger partial charge in [-0.25, -0.2) is 35.2 Å². The van der Waals surface area contributed by atoms with Crippen LogP contribution in [-0.2, 0) is 30.4 Å². The maximum Gasteiger partial charge on any atom is 1.00 e. The molecule has 20 heteroatoms. The summed E-state index contributed by atoms with van der Waals surface area (Å²) in [5.74, 6) is 0.454. The first-order valence-corrected chi connectivity index (χ1v) is 24.3. The van der Waals surface area contributed by atoms with Gasteiger partial charge < -0.3 is 28.4 Å². The molecule has 0 atom stereocenters. The minimum Gasteiger partial charge on any atom is -0.744 e. The molecule has 2 aliphatic heterocycles. The zero-order valence-electron chi connectivity index (χ0n) is 36.7. The molecule has 3 aromatic carbocycles. The number of benzene rings is 3. The van der Waals surface area contributed by atoms with Gasteiger partial charge in [0.25, 0.3) is 0 Å². The fraction of sp³-hybridized carbons (Fsp3) is 0.174. The third-order valence-corrected chi connectivity index (χ3v) is 13.3. The van der Waals surface area contributed by atoms with E-state index in [0.29, 0.717) is 90.6 Å². The van der Waals surface area contributed by atoms with E-state index < -0.39 is 45.0 Å². The smallest absolute Gasteiger partial charge is 0.744 e. The SMILES string of the molecule is CCCCCCCCOc1c2nc(c(-c3ccc(S(=O)(=O)[O-])cc3)c3ccc([nH]3)c(-c3ccc(S(=O)(=O)[O-])cc3)c3nc(c(-c4ccc(S(=O)(=O)[O-])cc4)c4ccc1[nH]4)C=C3)C=C2.[Na+].[Na+].[Na+]. The van der Waals surface area contributed by atoms with Crippen molar-refractivity contribution in [3.05, 3.63) is 120 Å². The van der Waals surface area contributed by atoms with Gasteiger partial charge in [-0.2, -0.15) is 0 Å². The van der Waals surface area contributed by atoms with Gasteiger partial charge in [0, 0.05) is 33.2 Å². The van der Waals surface area contributed by atoms with Gasteiger partial charge in [-0.05, 0) is 108 Å². The van der Waals surface area contributed by atoms with E-state index in [1.54, 1.807) is 30.4 Å². The van der Waals surface area contributed by atoms with Crippen LogP contribution in [0.1, 0.15) is 68.2 Å². The first-order valence-electron chi connectivity index (χ1n) is 20.1. The van der Waals surface area contributed by atoms with Crippen LogP contribution in [0.25, 0.3) is 79.8 Å². The summed E-state index contributed by atoms with van der Waals surface area (Å²) < 4.78 is 114. The number of aromatic amines is 2. The van der Waals surface area contributed by atoms with Crippen molar-refractivity contribution in [3.8, 4) is 39.1 Å². The van der Waals surface area contributed by atoms with Gasteiger partial charge in [-0.3, -0.25) is 0 Å². The molecule has 3 aromatic heterocycles. The van der Waals surface area contributed by atoms with Crippen molar-refractivity contribution in [1.29, 1.82) is 0 Å². The Bertz CT molecular complexity index is 3250. The van der Waals surface area contributed by atoms with Crippen LogP contribution in [0.4, 0.5) is 0 Å². The number of fused-ring (bicyclic) bond motifs is 8. The average molecular weight is 973 g/mol. The Labute approximate surface area is 449 Å². The van der Waals surface area contributed by atoms with Crippen LogP contribution in [0.3, 0.4) is 0 Å². The topological polar surface area (TPSA) is 238 Å². The van der Waals surface area contributed by atoms with Gasteiger partial charge in [0.15, 0.2) is 5.75 Å². The molecule has 14 nitrogen and oxygen atoms in total. The summed E-state index contributed by atoms with van der Waals surface area (Å²) in [6, 6.07) is 23.7.